The van der Waals surface area contributed by atoms with Gasteiger partial charge in [0.2, 0.25) is 5.91 Å². The SMILES string of the molecule is NC1(C(=O)Nc2cc3c4c(c(-c5ccccc5)[nH]c4c2)C=NNC3=O)CCCCC1. The van der Waals surface area contributed by atoms with Crippen molar-refractivity contribution in [2.75, 3.05) is 5.32 Å². The van der Waals surface area contributed by atoms with Crippen LogP contribution in [0.25, 0.3) is 22.2 Å². The Morgan fingerprint density at radius 2 is 1.87 bits per heavy atom. The van der Waals surface area contributed by atoms with Gasteiger partial charge in [0.1, 0.15) is 0 Å². The number of H-pyrrole nitrogens is 1. The molecule has 2 amide bonds. The fourth-order valence-electron chi connectivity index (χ4n) is 4.45. The number of nitrogens with zero attached hydrogens (tertiary/aromatic N) is 1. The summed E-state index contributed by atoms with van der Waals surface area (Å²) in [7, 11) is 0. The quantitative estimate of drug-likeness (QED) is 0.539. The predicted molar refractivity (Wildman–Crippen MR) is 117 cm³/mol. The van der Waals surface area contributed by atoms with Crippen LogP contribution < -0.4 is 16.5 Å². The summed E-state index contributed by atoms with van der Waals surface area (Å²) in [6, 6.07) is 13.4. The van der Waals surface area contributed by atoms with E-state index in [1.54, 1.807) is 12.3 Å². The molecular formula is C23H23N5O2. The maximum atomic E-state index is 12.9. The van der Waals surface area contributed by atoms with Gasteiger partial charge in [-0.2, -0.15) is 5.10 Å². The van der Waals surface area contributed by atoms with Crippen molar-refractivity contribution in [3.05, 3.63) is 53.6 Å². The zero-order valence-corrected chi connectivity index (χ0v) is 16.5. The summed E-state index contributed by atoms with van der Waals surface area (Å²) in [6.07, 6.45) is 6.02. The van der Waals surface area contributed by atoms with Gasteiger partial charge in [-0.15, -0.1) is 0 Å². The van der Waals surface area contributed by atoms with Crippen LogP contribution in [0, 0.1) is 0 Å². The highest BCUT2D eigenvalue weighted by atomic mass is 16.2. The van der Waals surface area contributed by atoms with Crippen LogP contribution in [-0.4, -0.2) is 28.6 Å². The molecule has 3 aromatic rings. The fourth-order valence-corrected chi connectivity index (χ4v) is 4.45. The highest BCUT2D eigenvalue weighted by molar-refractivity contribution is 6.18. The van der Waals surface area contributed by atoms with E-state index in [1.807, 2.05) is 36.4 Å². The van der Waals surface area contributed by atoms with E-state index in [-0.39, 0.29) is 11.8 Å². The first-order chi connectivity index (χ1) is 14.5. The minimum atomic E-state index is -0.858. The van der Waals surface area contributed by atoms with Crippen molar-refractivity contribution in [1.29, 1.82) is 0 Å². The Kier molecular flexibility index (Phi) is 4.40. The largest absolute Gasteiger partial charge is 0.354 e. The van der Waals surface area contributed by atoms with Gasteiger partial charge in [-0.05, 0) is 30.5 Å². The number of aromatic nitrogens is 1. The minimum absolute atomic E-state index is 0.200. The van der Waals surface area contributed by atoms with Gasteiger partial charge in [-0.3, -0.25) is 9.59 Å². The third kappa shape index (κ3) is 3.07. The molecule has 1 saturated carbocycles. The van der Waals surface area contributed by atoms with E-state index in [2.05, 4.69) is 20.8 Å². The first kappa shape index (κ1) is 18.6. The predicted octanol–water partition coefficient (Wildman–Crippen LogP) is 3.51. The average Bonchev–Trinajstić information content (AvgIpc) is 3.03. The molecule has 1 aliphatic heterocycles. The molecule has 7 nitrogen and oxygen atoms in total. The van der Waals surface area contributed by atoms with Gasteiger partial charge in [0.15, 0.2) is 0 Å². The molecule has 5 rings (SSSR count). The number of aromatic amines is 1. The lowest BCUT2D eigenvalue weighted by Gasteiger charge is -2.31. The Labute approximate surface area is 173 Å². The Bertz CT molecular complexity index is 1170. The number of hydrogen-bond donors (Lipinski definition) is 4. The summed E-state index contributed by atoms with van der Waals surface area (Å²) in [4.78, 5) is 29.0. The number of hydrazone groups is 1. The highest BCUT2D eigenvalue weighted by Gasteiger charge is 2.35. The van der Waals surface area contributed by atoms with Gasteiger partial charge < -0.3 is 16.0 Å². The van der Waals surface area contributed by atoms with E-state index in [0.717, 1.165) is 47.0 Å². The molecule has 0 atom stereocenters. The van der Waals surface area contributed by atoms with Crippen LogP contribution >= 0.6 is 0 Å². The number of benzene rings is 2. The summed E-state index contributed by atoms with van der Waals surface area (Å²) < 4.78 is 0. The van der Waals surface area contributed by atoms with Crippen LogP contribution in [0.4, 0.5) is 5.69 Å². The second-order valence-corrected chi connectivity index (χ2v) is 8.10. The van der Waals surface area contributed by atoms with Crippen molar-refractivity contribution in [3.8, 4) is 11.3 Å². The van der Waals surface area contributed by atoms with Crippen LogP contribution in [0.1, 0.15) is 48.0 Å². The number of nitrogens with one attached hydrogen (secondary N) is 3. The van der Waals surface area contributed by atoms with Crippen LogP contribution in [0.5, 0.6) is 0 Å². The zero-order chi connectivity index (χ0) is 20.7. The van der Waals surface area contributed by atoms with E-state index >= 15 is 0 Å². The molecule has 2 aliphatic rings. The first-order valence-electron chi connectivity index (χ1n) is 10.2. The fraction of sp³-hybridized carbons (Fsp3) is 0.261. The third-order valence-corrected chi connectivity index (χ3v) is 6.06. The lowest BCUT2D eigenvalue weighted by molar-refractivity contribution is -0.122. The molecule has 30 heavy (non-hydrogen) atoms. The number of anilines is 1. The molecule has 0 unspecified atom stereocenters. The number of carbonyl (C=O) groups excluding carboxylic acids is 2. The standard InChI is InChI=1S/C23H23N5O2/c24-23(9-5-2-6-10-23)22(30)26-15-11-16-19-17(13-25-28-21(16)29)20(27-18(19)12-15)14-7-3-1-4-8-14/h1,3-4,7-8,11-13,27H,2,5-6,9-10,24H2,(H,26,30)(H,28,29). The molecule has 2 aromatic carbocycles. The maximum Gasteiger partial charge on any atom is 0.272 e. The molecule has 0 spiro atoms. The van der Waals surface area contributed by atoms with E-state index in [9.17, 15) is 9.59 Å². The van der Waals surface area contributed by atoms with Gasteiger partial charge in [-0.25, -0.2) is 5.43 Å². The molecule has 0 bridgehead atoms. The van der Waals surface area contributed by atoms with E-state index < -0.39 is 5.54 Å². The van der Waals surface area contributed by atoms with E-state index in [1.165, 1.54) is 0 Å². The summed E-state index contributed by atoms with van der Waals surface area (Å²) >= 11 is 0. The summed E-state index contributed by atoms with van der Waals surface area (Å²) in [5, 5.41) is 7.80. The average molecular weight is 401 g/mol. The second-order valence-electron chi connectivity index (χ2n) is 8.10. The van der Waals surface area contributed by atoms with Gasteiger partial charge >= 0.3 is 0 Å². The Balaban J connectivity index is 1.60. The first-order valence-corrected chi connectivity index (χ1v) is 10.2. The Hall–Kier alpha value is -3.45. The Morgan fingerprint density at radius 3 is 2.63 bits per heavy atom. The van der Waals surface area contributed by atoms with Gasteiger partial charge in [0.25, 0.3) is 5.91 Å². The molecular weight excluding hydrogens is 378 g/mol. The topological polar surface area (TPSA) is 112 Å². The number of hydrogen-bond acceptors (Lipinski definition) is 4. The molecule has 152 valence electrons. The van der Waals surface area contributed by atoms with Crippen LogP contribution in [-0.2, 0) is 4.79 Å². The maximum absolute atomic E-state index is 12.9. The monoisotopic (exact) mass is 401 g/mol. The lowest BCUT2D eigenvalue weighted by Crippen LogP contribution is -2.52. The van der Waals surface area contributed by atoms with Crippen LogP contribution in [0.2, 0.25) is 0 Å². The number of nitrogens with two attached hydrogens (primary N) is 1. The zero-order valence-electron chi connectivity index (χ0n) is 16.5. The molecule has 1 aromatic heterocycles. The molecule has 2 heterocycles. The highest BCUT2D eigenvalue weighted by Crippen LogP contribution is 2.35. The van der Waals surface area contributed by atoms with Gasteiger partial charge in [0, 0.05) is 22.2 Å². The molecule has 0 radical (unpaired) electrons. The smallest absolute Gasteiger partial charge is 0.272 e. The summed E-state index contributed by atoms with van der Waals surface area (Å²) in [5.74, 6) is -0.515. The van der Waals surface area contributed by atoms with Crippen LogP contribution in [0.15, 0.2) is 47.6 Å². The summed E-state index contributed by atoms with van der Waals surface area (Å²) in [5.41, 5.74) is 12.5. The third-order valence-electron chi connectivity index (χ3n) is 6.06. The van der Waals surface area contributed by atoms with E-state index in [4.69, 9.17) is 5.73 Å². The lowest BCUT2D eigenvalue weighted by atomic mass is 9.82. The number of rotatable bonds is 3. The minimum Gasteiger partial charge on any atom is -0.354 e. The molecule has 1 aliphatic carbocycles. The Morgan fingerprint density at radius 1 is 1.10 bits per heavy atom. The molecule has 1 fully saturated rings. The van der Waals surface area contributed by atoms with Crippen molar-refractivity contribution in [3.63, 3.8) is 0 Å². The van der Waals surface area contributed by atoms with Gasteiger partial charge in [0.05, 0.1) is 23.0 Å². The molecule has 0 saturated heterocycles. The summed E-state index contributed by atoms with van der Waals surface area (Å²) in [6.45, 7) is 0. The van der Waals surface area contributed by atoms with Crippen molar-refractivity contribution in [1.82, 2.24) is 10.4 Å². The number of amides is 2. The second kappa shape index (κ2) is 7.11. The van der Waals surface area contributed by atoms with Gasteiger partial charge in [-0.1, -0.05) is 49.6 Å². The normalized spacial score (nSPS) is 17.4. The van der Waals surface area contributed by atoms with Crippen molar-refractivity contribution in [2.24, 2.45) is 10.8 Å². The van der Waals surface area contributed by atoms with Crippen LogP contribution in [0.3, 0.4) is 0 Å². The number of carbonyl (C=O) groups is 2. The van der Waals surface area contributed by atoms with Crippen molar-refractivity contribution >= 4 is 34.6 Å². The van der Waals surface area contributed by atoms with E-state index in [0.29, 0.717) is 24.1 Å². The van der Waals surface area contributed by atoms with Crippen molar-refractivity contribution in [2.45, 2.75) is 37.6 Å². The molecule has 5 N–H and O–H groups in total. The van der Waals surface area contributed by atoms with Crippen molar-refractivity contribution < 1.29 is 9.59 Å². The molecule has 7 heteroatoms.